The lowest BCUT2D eigenvalue weighted by Gasteiger charge is -2.26. The predicted molar refractivity (Wildman–Crippen MR) is 68.0 cm³/mol. The van der Waals surface area contributed by atoms with Gasteiger partial charge in [0.25, 0.3) is 0 Å². The standard InChI is InChI=1S/C14H25NO2/c1-13(2)7-11(14(3,4)17-13)12(16)9-15-8-10-5-6-10/h10-11,15H,5-9H2,1-4H3. The average molecular weight is 239 g/mol. The molecule has 0 aromatic heterocycles. The highest BCUT2D eigenvalue weighted by molar-refractivity contribution is 5.84. The number of nitrogens with one attached hydrogen (secondary N) is 1. The van der Waals surface area contributed by atoms with Crippen LogP contribution in [0.15, 0.2) is 0 Å². The largest absolute Gasteiger partial charge is 0.369 e. The van der Waals surface area contributed by atoms with Crippen LogP contribution in [0, 0.1) is 11.8 Å². The molecule has 1 saturated heterocycles. The maximum Gasteiger partial charge on any atom is 0.152 e. The number of ether oxygens (including phenoxy) is 1. The predicted octanol–water partition coefficient (Wildman–Crippen LogP) is 2.15. The van der Waals surface area contributed by atoms with Gasteiger partial charge in [0, 0.05) is 0 Å². The third-order valence-electron chi connectivity index (χ3n) is 3.89. The Morgan fingerprint density at radius 1 is 1.29 bits per heavy atom. The quantitative estimate of drug-likeness (QED) is 0.799. The van der Waals surface area contributed by atoms with Gasteiger partial charge in [0.1, 0.15) is 0 Å². The van der Waals surface area contributed by atoms with Crippen LogP contribution in [0.4, 0.5) is 0 Å². The Balaban J connectivity index is 1.84. The van der Waals surface area contributed by atoms with Crippen molar-refractivity contribution in [3.05, 3.63) is 0 Å². The van der Waals surface area contributed by atoms with E-state index in [-0.39, 0.29) is 17.1 Å². The zero-order valence-electron chi connectivity index (χ0n) is 11.5. The second kappa shape index (κ2) is 4.36. The van der Waals surface area contributed by atoms with Gasteiger partial charge in [-0.1, -0.05) is 0 Å². The molecular weight excluding hydrogens is 214 g/mol. The van der Waals surface area contributed by atoms with Crippen LogP contribution in [0.1, 0.15) is 47.0 Å². The Morgan fingerprint density at radius 3 is 2.41 bits per heavy atom. The minimum atomic E-state index is -0.318. The van der Waals surface area contributed by atoms with Gasteiger partial charge in [-0.2, -0.15) is 0 Å². The molecule has 1 aliphatic carbocycles. The third kappa shape index (κ3) is 3.29. The topological polar surface area (TPSA) is 38.3 Å². The van der Waals surface area contributed by atoms with E-state index >= 15 is 0 Å². The van der Waals surface area contributed by atoms with Gasteiger partial charge in [-0.15, -0.1) is 0 Å². The molecule has 1 saturated carbocycles. The molecule has 1 N–H and O–H groups in total. The van der Waals surface area contributed by atoms with Crippen LogP contribution in [0.25, 0.3) is 0 Å². The Labute approximate surface area is 104 Å². The molecule has 2 aliphatic rings. The number of hydrogen-bond donors (Lipinski definition) is 1. The number of Topliss-reactive ketones (excluding diaryl/α,β-unsaturated/α-hetero) is 1. The minimum Gasteiger partial charge on any atom is -0.369 e. The van der Waals surface area contributed by atoms with Crippen molar-refractivity contribution in [1.29, 1.82) is 0 Å². The molecule has 0 aromatic carbocycles. The van der Waals surface area contributed by atoms with E-state index < -0.39 is 0 Å². The van der Waals surface area contributed by atoms with Crippen molar-refractivity contribution < 1.29 is 9.53 Å². The summed E-state index contributed by atoms with van der Waals surface area (Å²) in [5.74, 6) is 1.16. The number of hydrogen-bond acceptors (Lipinski definition) is 3. The van der Waals surface area contributed by atoms with Gasteiger partial charge >= 0.3 is 0 Å². The number of rotatable bonds is 5. The van der Waals surface area contributed by atoms with Crippen LogP contribution >= 0.6 is 0 Å². The number of carbonyl (C=O) groups is 1. The number of ketones is 1. The second-order valence-electron chi connectivity index (χ2n) is 6.76. The van der Waals surface area contributed by atoms with Gasteiger partial charge < -0.3 is 10.1 Å². The summed E-state index contributed by atoms with van der Waals surface area (Å²) in [6.45, 7) is 9.71. The average Bonchev–Trinajstić information content (AvgIpc) is 2.92. The molecule has 0 aromatic rings. The van der Waals surface area contributed by atoms with E-state index in [0.717, 1.165) is 18.9 Å². The van der Waals surface area contributed by atoms with Crippen molar-refractivity contribution in [3.63, 3.8) is 0 Å². The molecule has 0 bridgehead atoms. The molecule has 0 amide bonds. The molecular formula is C14H25NO2. The fraction of sp³-hybridized carbons (Fsp3) is 0.929. The first-order chi connectivity index (χ1) is 7.80. The molecule has 1 heterocycles. The second-order valence-corrected chi connectivity index (χ2v) is 6.76. The SMILES string of the molecule is CC1(C)CC(C(=O)CNCC2CC2)C(C)(C)O1. The van der Waals surface area contributed by atoms with E-state index in [1.165, 1.54) is 12.8 Å². The third-order valence-corrected chi connectivity index (χ3v) is 3.89. The van der Waals surface area contributed by atoms with Gasteiger partial charge in [-0.05, 0) is 59.4 Å². The van der Waals surface area contributed by atoms with Gasteiger partial charge in [-0.25, -0.2) is 0 Å². The van der Waals surface area contributed by atoms with E-state index in [4.69, 9.17) is 4.74 Å². The van der Waals surface area contributed by atoms with Crippen molar-refractivity contribution in [3.8, 4) is 0 Å². The summed E-state index contributed by atoms with van der Waals surface area (Å²) in [7, 11) is 0. The van der Waals surface area contributed by atoms with Gasteiger partial charge in [0.15, 0.2) is 5.78 Å². The molecule has 98 valence electrons. The fourth-order valence-corrected chi connectivity index (χ4v) is 2.91. The summed E-state index contributed by atoms with van der Waals surface area (Å²) in [6, 6.07) is 0. The summed E-state index contributed by atoms with van der Waals surface area (Å²) in [6.07, 6.45) is 3.49. The van der Waals surface area contributed by atoms with Crippen molar-refractivity contribution in [2.75, 3.05) is 13.1 Å². The highest BCUT2D eigenvalue weighted by atomic mass is 16.5. The van der Waals surface area contributed by atoms with Crippen LogP contribution in [-0.2, 0) is 9.53 Å². The lowest BCUT2D eigenvalue weighted by molar-refractivity contribution is -0.128. The first-order valence-corrected chi connectivity index (χ1v) is 6.74. The van der Waals surface area contributed by atoms with Crippen LogP contribution in [0.2, 0.25) is 0 Å². The highest BCUT2D eigenvalue weighted by Gasteiger charge is 2.48. The monoisotopic (exact) mass is 239 g/mol. The van der Waals surface area contributed by atoms with E-state index in [1.54, 1.807) is 0 Å². The summed E-state index contributed by atoms with van der Waals surface area (Å²) < 4.78 is 5.96. The molecule has 2 fully saturated rings. The van der Waals surface area contributed by atoms with Crippen molar-refractivity contribution >= 4 is 5.78 Å². The molecule has 2 rings (SSSR count). The van der Waals surface area contributed by atoms with E-state index in [1.807, 2.05) is 13.8 Å². The molecule has 0 radical (unpaired) electrons. The smallest absolute Gasteiger partial charge is 0.152 e. The lowest BCUT2D eigenvalue weighted by atomic mass is 9.84. The van der Waals surface area contributed by atoms with Crippen LogP contribution in [0.5, 0.6) is 0 Å². The highest BCUT2D eigenvalue weighted by Crippen LogP contribution is 2.42. The van der Waals surface area contributed by atoms with E-state index in [9.17, 15) is 4.79 Å². The fourth-order valence-electron chi connectivity index (χ4n) is 2.91. The maximum absolute atomic E-state index is 12.2. The van der Waals surface area contributed by atoms with Gasteiger partial charge in [0.05, 0.1) is 23.7 Å². The van der Waals surface area contributed by atoms with Crippen LogP contribution in [0.3, 0.4) is 0 Å². The van der Waals surface area contributed by atoms with Gasteiger partial charge in [0.2, 0.25) is 0 Å². The normalized spacial score (nSPS) is 30.5. The van der Waals surface area contributed by atoms with Crippen molar-refractivity contribution in [2.45, 2.75) is 58.2 Å². The Hall–Kier alpha value is -0.410. The van der Waals surface area contributed by atoms with E-state index in [0.29, 0.717) is 12.3 Å². The van der Waals surface area contributed by atoms with E-state index in [2.05, 4.69) is 19.2 Å². The van der Waals surface area contributed by atoms with Crippen molar-refractivity contribution in [2.24, 2.45) is 11.8 Å². The zero-order valence-corrected chi connectivity index (χ0v) is 11.5. The summed E-state index contributed by atoms with van der Waals surface area (Å²) in [5, 5.41) is 3.28. The Kier molecular flexibility index (Phi) is 3.34. The molecule has 0 spiro atoms. The molecule has 3 nitrogen and oxygen atoms in total. The minimum absolute atomic E-state index is 0.0317. The first-order valence-electron chi connectivity index (χ1n) is 6.74. The van der Waals surface area contributed by atoms with Crippen LogP contribution < -0.4 is 5.32 Å². The first kappa shape index (κ1) is 13.0. The molecule has 1 aliphatic heterocycles. The lowest BCUT2D eigenvalue weighted by Crippen LogP contribution is -2.38. The van der Waals surface area contributed by atoms with Crippen molar-refractivity contribution in [1.82, 2.24) is 5.32 Å². The maximum atomic E-state index is 12.2. The molecule has 3 heteroatoms. The molecule has 17 heavy (non-hydrogen) atoms. The van der Waals surface area contributed by atoms with Gasteiger partial charge in [-0.3, -0.25) is 4.79 Å². The summed E-state index contributed by atoms with van der Waals surface area (Å²) in [4.78, 5) is 12.2. The number of carbonyl (C=O) groups excluding carboxylic acids is 1. The Morgan fingerprint density at radius 2 is 1.94 bits per heavy atom. The molecule has 1 unspecified atom stereocenters. The Bertz CT molecular complexity index is 305. The summed E-state index contributed by atoms with van der Waals surface area (Å²) >= 11 is 0. The molecule has 1 atom stereocenters. The zero-order chi connectivity index (χ0) is 12.7. The van der Waals surface area contributed by atoms with Crippen LogP contribution in [-0.4, -0.2) is 30.1 Å². The summed E-state index contributed by atoms with van der Waals surface area (Å²) in [5.41, 5.74) is -0.484.